The van der Waals surface area contributed by atoms with Gasteiger partial charge in [0.25, 0.3) is 0 Å². The average Bonchev–Trinajstić information content (AvgIpc) is 3.55. The van der Waals surface area contributed by atoms with Crippen molar-refractivity contribution in [3.05, 3.63) is 65.0 Å². The van der Waals surface area contributed by atoms with Crippen LogP contribution < -0.4 is 5.32 Å². The van der Waals surface area contributed by atoms with Crippen LogP contribution in [0.4, 0.5) is 35.1 Å². The maximum Gasteiger partial charge on any atom is 0.435 e. The van der Waals surface area contributed by atoms with Gasteiger partial charge in [0.05, 0.1) is 10.8 Å². The third-order valence-corrected chi connectivity index (χ3v) is 12.1. The largest absolute Gasteiger partial charge is 0.435 e. The number of fused-ring (bicyclic) bond motifs is 3. The summed E-state index contributed by atoms with van der Waals surface area (Å²) >= 11 is 0. The summed E-state index contributed by atoms with van der Waals surface area (Å²) in [6.07, 6.45) is -13.0. The number of aryl methyl sites for hydroxylation is 1. The zero-order chi connectivity index (χ0) is 33.9. The van der Waals surface area contributed by atoms with Gasteiger partial charge < -0.3 is 15.3 Å². The molecule has 3 aliphatic rings. The third-order valence-electron chi connectivity index (χ3n) is 9.48. The third kappa shape index (κ3) is 5.34. The SMILES string of the molecule is O=C(N[C@@H]1CC[C@@]2(S(=O)(=O)c3ccc(F)cc3)c3ccc(C(F)(C(F)(F)F)C(F)(F)F)cc3CC[C@@H]12)[C@H]1CC(=O)N(CCCO)C1. The maximum atomic E-state index is 15.0. The van der Waals surface area contributed by atoms with Gasteiger partial charge in [-0.15, -0.1) is 0 Å². The lowest BCUT2D eigenvalue weighted by molar-refractivity contribution is -0.348. The van der Waals surface area contributed by atoms with Crippen LogP contribution in [0.1, 0.15) is 48.8 Å². The second-order valence-electron chi connectivity index (χ2n) is 12.0. The van der Waals surface area contributed by atoms with Crippen molar-refractivity contribution in [2.24, 2.45) is 11.8 Å². The number of nitrogens with zero attached hydrogens (tertiary/aromatic N) is 1. The molecule has 1 heterocycles. The predicted molar refractivity (Wildman–Crippen MR) is 146 cm³/mol. The van der Waals surface area contributed by atoms with Gasteiger partial charge in [-0.1, -0.05) is 18.2 Å². The predicted octanol–water partition coefficient (Wildman–Crippen LogP) is 4.86. The number of amides is 2. The van der Waals surface area contributed by atoms with E-state index in [1.54, 1.807) is 0 Å². The van der Waals surface area contributed by atoms with Crippen molar-refractivity contribution >= 4 is 21.7 Å². The number of hydrogen-bond donors (Lipinski definition) is 2. The van der Waals surface area contributed by atoms with Crippen LogP contribution >= 0.6 is 0 Å². The zero-order valence-electron chi connectivity index (χ0n) is 24.1. The highest BCUT2D eigenvalue weighted by molar-refractivity contribution is 7.92. The molecule has 2 N–H and O–H groups in total. The summed E-state index contributed by atoms with van der Waals surface area (Å²) in [5, 5.41) is 11.9. The van der Waals surface area contributed by atoms with Crippen LogP contribution in [0.15, 0.2) is 47.4 Å². The number of hydrogen-bond acceptors (Lipinski definition) is 5. The number of halogens is 8. The van der Waals surface area contributed by atoms with E-state index in [0.717, 1.165) is 30.3 Å². The summed E-state index contributed by atoms with van der Waals surface area (Å²) in [6, 6.07) is 4.44. The Labute approximate surface area is 258 Å². The molecular weight excluding hydrogens is 652 g/mol. The number of alkyl halides is 7. The Morgan fingerprint density at radius 2 is 1.65 bits per heavy atom. The zero-order valence-corrected chi connectivity index (χ0v) is 24.9. The van der Waals surface area contributed by atoms with Gasteiger partial charge >= 0.3 is 18.0 Å². The first kappa shape index (κ1) is 34.1. The molecule has 46 heavy (non-hydrogen) atoms. The molecule has 1 aliphatic heterocycles. The fourth-order valence-electron chi connectivity index (χ4n) is 7.28. The molecule has 0 radical (unpaired) electrons. The molecule has 2 aromatic rings. The van der Waals surface area contributed by atoms with Crippen molar-refractivity contribution in [2.45, 2.75) is 72.2 Å². The number of sulfone groups is 1. The lowest BCUT2D eigenvalue weighted by Crippen LogP contribution is -2.51. The van der Waals surface area contributed by atoms with Gasteiger partial charge in [0, 0.05) is 43.6 Å². The van der Waals surface area contributed by atoms with Crippen molar-refractivity contribution < 1.29 is 58.2 Å². The van der Waals surface area contributed by atoms with Crippen molar-refractivity contribution in [3.63, 3.8) is 0 Å². The molecule has 0 unspecified atom stereocenters. The number of likely N-dealkylation sites (tertiary alicyclic amines) is 1. The Bertz CT molecular complexity index is 1600. The van der Waals surface area contributed by atoms with Crippen molar-refractivity contribution in [2.75, 3.05) is 19.7 Å². The Kier molecular flexibility index (Phi) is 8.71. The molecule has 2 aromatic carbocycles. The van der Waals surface area contributed by atoms with Crippen LogP contribution in [0.3, 0.4) is 0 Å². The highest BCUT2D eigenvalue weighted by Gasteiger charge is 2.73. The van der Waals surface area contributed by atoms with Crippen LogP contribution in [0, 0.1) is 17.7 Å². The van der Waals surface area contributed by atoms with Crippen molar-refractivity contribution in [1.82, 2.24) is 10.2 Å². The standard InChI is InChI=1S/C30H30F8N2O5S/c31-20-4-6-21(7-5-20)46(44,45)27-11-10-24(39-26(43)18-15-25(42)40(16-18)12-1-13-41)23(27)8-2-17-14-19(3-9-22(17)27)28(32,29(33,34)35)30(36,37)38/h3-7,9,14,18,23-24,41H,1-2,8,10-13,15-16H2,(H,39,43)/t18-,23-,24+,27+/m0/s1. The van der Waals surface area contributed by atoms with Crippen LogP contribution in [-0.4, -0.2) is 68.3 Å². The van der Waals surface area contributed by atoms with Crippen molar-refractivity contribution in [1.29, 1.82) is 0 Å². The fraction of sp³-hybridized carbons (Fsp3) is 0.533. The lowest BCUT2D eigenvalue weighted by atomic mass is 9.74. The molecule has 252 valence electrons. The van der Waals surface area contributed by atoms with Gasteiger partial charge in [-0.05, 0) is 67.5 Å². The van der Waals surface area contributed by atoms with Gasteiger partial charge in [0.1, 0.15) is 10.6 Å². The van der Waals surface area contributed by atoms with Crippen LogP contribution in [0.2, 0.25) is 0 Å². The molecule has 2 fully saturated rings. The van der Waals surface area contributed by atoms with Gasteiger partial charge in [0.15, 0.2) is 9.84 Å². The second kappa shape index (κ2) is 11.8. The molecule has 7 nitrogen and oxygen atoms in total. The monoisotopic (exact) mass is 682 g/mol. The topological polar surface area (TPSA) is 104 Å². The van der Waals surface area contributed by atoms with E-state index in [4.69, 9.17) is 5.11 Å². The van der Waals surface area contributed by atoms with Gasteiger partial charge in [0.2, 0.25) is 11.8 Å². The summed E-state index contributed by atoms with van der Waals surface area (Å²) in [5.74, 6) is -3.27. The molecule has 16 heteroatoms. The van der Waals surface area contributed by atoms with Crippen molar-refractivity contribution in [3.8, 4) is 0 Å². The van der Waals surface area contributed by atoms with E-state index in [2.05, 4.69) is 5.32 Å². The smallest absolute Gasteiger partial charge is 0.396 e. The van der Waals surface area contributed by atoms with Gasteiger partial charge in [-0.3, -0.25) is 9.59 Å². The van der Waals surface area contributed by atoms with E-state index in [0.29, 0.717) is 18.6 Å². The molecule has 0 spiro atoms. The Balaban J connectivity index is 1.56. The number of rotatable bonds is 8. The van der Waals surface area contributed by atoms with Crippen LogP contribution in [-0.2, 0) is 36.3 Å². The van der Waals surface area contributed by atoms with E-state index in [1.807, 2.05) is 0 Å². The molecule has 1 saturated heterocycles. The molecule has 0 bridgehead atoms. The Hall–Kier alpha value is -3.27. The molecule has 5 rings (SSSR count). The summed E-state index contributed by atoms with van der Waals surface area (Å²) in [4.78, 5) is 26.8. The Morgan fingerprint density at radius 3 is 2.26 bits per heavy atom. The number of carbonyl (C=O) groups is 2. The minimum atomic E-state index is -6.37. The highest BCUT2D eigenvalue weighted by atomic mass is 32.2. The van der Waals surface area contributed by atoms with E-state index < -0.39 is 67.8 Å². The van der Waals surface area contributed by atoms with E-state index >= 15 is 0 Å². The molecule has 4 atom stereocenters. The highest BCUT2D eigenvalue weighted by Crippen LogP contribution is 2.59. The van der Waals surface area contributed by atoms with Gasteiger partial charge in [-0.2, -0.15) is 26.3 Å². The van der Waals surface area contributed by atoms with E-state index in [1.165, 1.54) is 4.90 Å². The summed E-state index contributed by atoms with van der Waals surface area (Å²) in [5.41, 5.74) is -7.79. The molecule has 0 aromatic heterocycles. The number of benzene rings is 2. The first-order chi connectivity index (χ1) is 21.4. The molecular formula is C30H30F8N2O5S. The second-order valence-corrected chi connectivity index (χ2v) is 14.2. The Morgan fingerprint density at radius 1 is 1.00 bits per heavy atom. The fourth-order valence-corrected chi connectivity index (χ4v) is 9.75. The minimum Gasteiger partial charge on any atom is -0.396 e. The molecule has 1 saturated carbocycles. The average molecular weight is 683 g/mol. The summed E-state index contributed by atoms with van der Waals surface area (Å²) in [7, 11) is -4.55. The summed E-state index contributed by atoms with van der Waals surface area (Å²) < 4.78 is 137. The first-order valence-corrected chi connectivity index (χ1v) is 16.0. The number of nitrogens with one attached hydrogen (secondary N) is 1. The number of aliphatic hydroxyl groups is 1. The van der Waals surface area contributed by atoms with Crippen LogP contribution in [0.5, 0.6) is 0 Å². The lowest BCUT2D eigenvalue weighted by Gasteiger charge is -2.43. The molecule has 2 amide bonds. The minimum absolute atomic E-state index is 0.0467. The normalized spacial score (nSPS) is 25.4. The van der Waals surface area contributed by atoms with Crippen LogP contribution in [0.25, 0.3) is 0 Å². The maximum absolute atomic E-state index is 15.0. The number of carbonyl (C=O) groups excluding carboxylic acids is 2. The summed E-state index contributed by atoms with van der Waals surface area (Å²) in [6.45, 7) is 0.165. The first-order valence-electron chi connectivity index (χ1n) is 14.5. The number of aliphatic hydroxyl groups excluding tert-OH is 1. The molecule has 2 aliphatic carbocycles. The van der Waals surface area contributed by atoms with E-state index in [9.17, 15) is 53.1 Å². The van der Waals surface area contributed by atoms with Gasteiger partial charge in [-0.25, -0.2) is 17.2 Å². The van der Waals surface area contributed by atoms with E-state index in [-0.39, 0.29) is 73.7 Å². The quantitative estimate of drug-likeness (QED) is 0.306.